The van der Waals surface area contributed by atoms with Crippen LogP contribution in [0.15, 0.2) is 18.2 Å². The Labute approximate surface area is 136 Å². The van der Waals surface area contributed by atoms with Crippen molar-refractivity contribution in [2.75, 3.05) is 0 Å². The summed E-state index contributed by atoms with van der Waals surface area (Å²) in [6.45, 7) is 7.01. The Morgan fingerprint density at radius 3 is 2.26 bits per heavy atom. The van der Waals surface area contributed by atoms with E-state index in [9.17, 15) is 0 Å². The molecular weight excluding hydrogens is 395 g/mol. The van der Waals surface area contributed by atoms with Crippen LogP contribution in [0.3, 0.4) is 0 Å². The quantitative estimate of drug-likeness (QED) is 0.598. The maximum absolute atomic E-state index is 2.52. The molecule has 1 heteroatoms. The van der Waals surface area contributed by atoms with Crippen molar-refractivity contribution in [3.8, 4) is 0 Å². The number of rotatable bonds is 3. The van der Waals surface area contributed by atoms with Gasteiger partial charge in [0.05, 0.1) is 0 Å². The molecule has 0 aromatic heterocycles. The van der Waals surface area contributed by atoms with E-state index in [2.05, 4.69) is 45.1 Å². The van der Waals surface area contributed by atoms with Crippen molar-refractivity contribution in [3.05, 3.63) is 40.5 Å². The van der Waals surface area contributed by atoms with Crippen LogP contribution in [0.25, 0.3) is 6.08 Å². The Bertz CT molecular complexity index is 495. The van der Waals surface area contributed by atoms with Gasteiger partial charge in [-0.15, -0.1) is 0 Å². The Morgan fingerprint density at radius 1 is 1.05 bits per heavy atom. The third-order valence-corrected chi connectivity index (χ3v) is 5.38. The monoisotopic (exact) mass is 420 g/mol. The van der Waals surface area contributed by atoms with E-state index in [-0.39, 0.29) is 25.8 Å². The van der Waals surface area contributed by atoms with E-state index in [1.807, 2.05) is 0 Å². The van der Waals surface area contributed by atoms with Crippen LogP contribution in [0.5, 0.6) is 0 Å². The van der Waals surface area contributed by atoms with Gasteiger partial charge >= 0.3 is 0 Å². The van der Waals surface area contributed by atoms with Gasteiger partial charge in [0.15, 0.2) is 0 Å². The summed E-state index contributed by atoms with van der Waals surface area (Å²) >= 11 is 0. The minimum Gasteiger partial charge on any atom is -0.0764 e. The van der Waals surface area contributed by atoms with Crippen LogP contribution in [-0.2, 0) is 38.7 Å². The van der Waals surface area contributed by atoms with Gasteiger partial charge < -0.3 is 0 Å². The molecule has 0 fully saturated rings. The summed E-state index contributed by atoms with van der Waals surface area (Å²) in [5.41, 5.74) is 6.89. The first-order chi connectivity index (χ1) is 8.71. The summed E-state index contributed by atoms with van der Waals surface area (Å²) in [5.74, 6) is 0.670. The Hall–Kier alpha value is -0.170. The van der Waals surface area contributed by atoms with Gasteiger partial charge in [0.1, 0.15) is 0 Å². The molecule has 2 aliphatic carbocycles. The average Bonchev–Trinajstić information content (AvgIpc) is 2.96. The number of fused-ring (bicyclic) bond motifs is 2. The molecule has 19 heavy (non-hydrogen) atoms. The van der Waals surface area contributed by atoms with Crippen LogP contribution in [0, 0.1) is 5.41 Å². The van der Waals surface area contributed by atoms with Crippen molar-refractivity contribution >= 4 is 6.08 Å². The van der Waals surface area contributed by atoms with Gasteiger partial charge in [-0.1, -0.05) is 45.1 Å². The molecule has 1 aromatic rings. The second-order valence-electron chi connectivity index (χ2n) is 6.18. The molecule has 2 aliphatic rings. The fraction of sp³-hybridized carbons (Fsp3) is 0.556. The van der Waals surface area contributed by atoms with Crippen LogP contribution in [0.4, 0.5) is 0 Å². The maximum atomic E-state index is 2.52. The number of hydrogen-bond acceptors (Lipinski definition) is 0. The molecule has 100 valence electrons. The van der Waals surface area contributed by atoms with E-state index in [4.69, 9.17) is 0 Å². The molecule has 0 bridgehead atoms. The molecule has 0 amide bonds. The summed E-state index contributed by atoms with van der Waals surface area (Å²) in [5, 5.41) is 0. The second kappa shape index (κ2) is 5.68. The van der Waals surface area contributed by atoms with Gasteiger partial charge in [-0.25, -0.2) is 0 Å². The van der Waals surface area contributed by atoms with E-state index < -0.39 is 0 Å². The van der Waals surface area contributed by atoms with Gasteiger partial charge in [-0.2, -0.15) is 0 Å². The molecule has 0 aliphatic heterocycles. The molecule has 3 rings (SSSR count). The molecule has 0 heterocycles. The number of hydrogen-bond donors (Lipinski definition) is 0. The zero-order chi connectivity index (χ0) is 12.8. The minimum atomic E-state index is 0. The average molecular weight is 419 g/mol. The third-order valence-electron chi connectivity index (χ3n) is 5.38. The van der Waals surface area contributed by atoms with E-state index in [0.29, 0.717) is 11.3 Å². The predicted octanol–water partition coefficient (Wildman–Crippen LogP) is 5.11. The Morgan fingerprint density at radius 2 is 1.68 bits per heavy atom. The first kappa shape index (κ1) is 15.2. The van der Waals surface area contributed by atoms with E-state index in [1.54, 1.807) is 16.7 Å². The SMILES string of the molecule is CCC1C=Cc2cc3c(cc21)CC(CC)(CC)C3.[Hf]. The van der Waals surface area contributed by atoms with E-state index in [0.717, 1.165) is 0 Å². The summed E-state index contributed by atoms with van der Waals surface area (Å²) in [6.07, 6.45) is 11.2. The van der Waals surface area contributed by atoms with E-state index in [1.165, 1.54) is 37.7 Å². The Balaban J connectivity index is 0.00000133. The molecule has 1 atom stereocenters. The summed E-state index contributed by atoms with van der Waals surface area (Å²) in [6, 6.07) is 5.00. The van der Waals surface area contributed by atoms with E-state index >= 15 is 0 Å². The molecule has 1 unspecified atom stereocenters. The fourth-order valence-electron chi connectivity index (χ4n) is 3.82. The van der Waals surface area contributed by atoms with Crippen molar-refractivity contribution in [2.45, 2.75) is 58.8 Å². The van der Waals surface area contributed by atoms with Crippen LogP contribution in [0.1, 0.15) is 68.2 Å². The number of allylic oxidation sites excluding steroid dienone is 1. The molecule has 0 N–H and O–H groups in total. The van der Waals surface area contributed by atoms with Gasteiger partial charge in [-0.05, 0) is 59.8 Å². The standard InChI is InChI=1S/C18H24.Hf/c1-4-13-7-8-14-9-15-11-18(5-2,6-3)12-16(15)10-17(13)14;/h7-10,13H,4-6,11-12H2,1-3H3;. The van der Waals surface area contributed by atoms with Crippen molar-refractivity contribution in [2.24, 2.45) is 5.41 Å². The molecule has 0 radical (unpaired) electrons. The molecule has 0 saturated carbocycles. The van der Waals surface area contributed by atoms with Crippen LogP contribution >= 0.6 is 0 Å². The second-order valence-corrected chi connectivity index (χ2v) is 6.18. The van der Waals surface area contributed by atoms with Gasteiger partial charge in [-0.3, -0.25) is 0 Å². The van der Waals surface area contributed by atoms with Gasteiger partial charge in [0.2, 0.25) is 0 Å². The summed E-state index contributed by atoms with van der Waals surface area (Å²) in [4.78, 5) is 0. The third kappa shape index (κ3) is 2.44. The van der Waals surface area contributed by atoms with Crippen molar-refractivity contribution in [3.63, 3.8) is 0 Å². The predicted molar refractivity (Wildman–Crippen MR) is 78.9 cm³/mol. The molecule has 0 saturated heterocycles. The molecule has 0 spiro atoms. The first-order valence-corrected chi connectivity index (χ1v) is 7.55. The number of benzene rings is 1. The zero-order valence-electron chi connectivity index (χ0n) is 12.4. The van der Waals surface area contributed by atoms with Crippen LogP contribution < -0.4 is 0 Å². The molecule has 0 nitrogen and oxygen atoms in total. The maximum Gasteiger partial charge on any atom is 0.00247 e. The van der Waals surface area contributed by atoms with Crippen LogP contribution in [0.2, 0.25) is 0 Å². The molecular formula is C18H24Hf. The smallest absolute Gasteiger partial charge is 0.00247 e. The normalized spacial score (nSPS) is 21.9. The largest absolute Gasteiger partial charge is 0.0764 e. The van der Waals surface area contributed by atoms with Crippen LogP contribution in [-0.4, -0.2) is 0 Å². The van der Waals surface area contributed by atoms with Gasteiger partial charge in [0, 0.05) is 31.8 Å². The topological polar surface area (TPSA) is 0 Å². The van der Waals surface area contributed by atoms with Crippen molar-refractivity contribution in [1.29, 1.82) is 0 Å². The zero-order valence-corrected chi connectivity index (χ0v) is 16.0. The van der Waals surface area contributed by atoms with Crippen molar-refractivity contribution in [1.82, 2.24) is 0 Å². The van der Waals surface area contributed by atoms with Crippen molar-refractivity contribution < 1.29 is 25.8 Å². The summed E-state index contributed by atoms with van der Waals surface area (Å²) in [7, 11) is 0. The minimum absolute atomic E-state index is 0. The Kier molecular flexibility index (Phi) is 4.55. The first-order valence-electron chi connectivity index (χ1n) is 7.55. The fourth-order valence-corrected chi connectivity index (χ4v) is 3.82. The summed E-state index contributed by atoms with van der Waals surface area (Å²) < 4.78 is 0. The van der Waals surface area contributed by atoms with Gasteiger partial charge in [0.25, 0.3) is 0 Å². The molecule has 1 aromatic carbocycles.